The zero-order chi connectivity index (χ0) is 34.6. The van der Waals surface area contributed by atoms with Crippen molar-refractivity contribution in [1.29, 1.82) is 0 Å². The Hall–Kier alpha value is -1.77. The second-order valence-corrected chi connectivity index (χ2v) is 12.4. The topological polar surface area (TPSA) is 345 Å². The summed E-state index contributed by atoms with van der Waals surface area (Å²) in [7, 11) is -4.73. The molecule has 4 rings (SSSR count). The molecule has 3 aliphatic rings. The molecule has 23 heteroatoms. The number of nitrogens with zero attached hydrogens (tertiary/aromatic N) is 2. The van der Waals surface area contributed by atoms with E-state index in [2.05, 4.69) is 4.98 Å². The first-order chi connectivity index (χ1) is 22.2. The molecule has 1 aromatic rings. The number of nitrogen functional groups attached to an aromatic ring is 1. The summed E-state index contributed by atoms with van der Waals surface area (Å²) < 4.78 is 49.8. The van der Waals surface area contributed by atoms with Gasteiger partial charge in [-0.25, -0.2) is 9.36 Å². The van der Waals surface area contributed by atoms with Crippen LogP contribution in [0.15, 0.2) is 17.1 Å². The first kappa shape index (κ1) is 38.0. The molecule has 0 radical (unpaired) electrons. The Morgan fingerprint density at radius 2 is 1.45 bits per heavy atom. The second-order valence-electron chi connectivity index (χ2n) is 10.9. The maximum Gasteiger partial charge on any atom is 0.472 e. The summed E-state index contributed by atoms with van der Waals surface area (Å²) in [4.78, 5) is 25.5. The van der Waals surface area contributed by atoms with Crippen LogP contribution in [0.1, 0.15) is 12.6 Å². The number of phosphoric ester groups is 1. The Kier molecular flexibility index (Phi) is 13.2. The molecule has 0 amide bonds. The van der Waals surface area contributed by atoms with E-state index in [1.165, 1.54) is 12.3 Å². The number of hydrogen-bond acceptors (Lipinski definition) is 20. The average Bonchev–Trinajstić information content (AvgIpc) is 3.31. The van der Waals surface area contributed by atoms with Crippen molar-refractivity contribution < 1.29 is 88.1 Å². The van der Waals surface area contributed by atoms with E-state index in [0.717, 1.165) is 4.57 Å². The van der Waals surface area contributed by atoms with Crippen LogP contribution in [0.5, 0.6) is 0 Å². The van der Waals surface area contributed by atoms with Crippen molar-refractivity contribution in [2.24, 2.45) is 0 Å². The minimum Gasteiger partial charge on any atom is -0.394 e. The summed E-state index contributed by atoms with van der Waals surface area (Å²) in [6.07, 6.45) is -21.1. The Morgan fingerprint density at radius 1 is 0.809 bits per heavy atom. The summed E-state index contributed by atoms with van der Waals surface area (Å²) in [5, 5.41) is 90.9. The van der Waals surface area contributed by atoms with Crippen LogP contribution in [-0.2, 0) is 37.3 Å². The molecule has 4 heterocycles. The quantitative estimate of drug-likeness (QED) is 0.0633. The lowest BCUT2D eigenvalue weighted by atomic mass is 9.97. The molecule has 270 valence electrons. The van der Waals surface area contributed by atoms with Crippen LogP contribution in [0.4, 0.5) is 5.82 Å². The third-order valence-corrected chi connectivity index (χ3v) is 8.63. The molecule has 0 bridgehead atoms. The van der Waals surface area contributed by atoms with Crippen molar-refractivity contribution in [3.63, 3.8) is 0 Å². The van der Waals surface area contributed by atoms with Crippen LogP contribution in [0.3, 0.4) is 0 Å². The van der Waals surface area contributed by atoms with E-state index in [1.807, 2.05) is 0 Å². The Balaban J connectivity index is 1.20. The average molecular weight is 706 g/mol. The monoisotopic (exact) mass is 705 g/mol. The molecule has 3 aliphatic heterocycles. The predicted octanol–water partition coefficient (Wildman–Crippen LogP) is -6.39. The van der Waals surface area contributed by atoms with Gasteiger partial charge in [-0.05, 0) is 12.5 Å². The number of aromatic nitrogens is 2. The maximum atomic E-state index is 12.3. The van der Waals surface area contributed by atoms with Gasteiger partial charge < -0.3 is 80.3 Å². The highest BCUT2D eigenvalue weighted by atomic mass is 31.2. The number of aliphatic hydroxyl groups is 9. The van der Waals surface area contributed by atoms with E-state index < -0.39 is 126 Å². The molecule has 22 nitrogen and oxygen atoms in total. The van der Waals surface area contributed by atoms with Gasteiger partial charge in [0.15, 0.2) is 18.8 Å². The van der Waals surface area contributed by atoms with Crippen molar-refractivity contribution >= 4 is 13.6 Å². The lowest BCUT2D eigenvalue weighted by molar-refractivity contribution is -0.359. The molecule has 0 aromatic carbocycles. The van der Waals surface area contributed by atoms with Crippen LogP contribution < -0.4 is 11.4 Å². The standard InChI is InChI=1S/C24H40N3O19P/c25-12-2-3-27(24(37)26-12)21-17(34)14(31)11(43-21)8-42-47(38,39)41-5-1-4-40-22-19(36)16(33)20(10(7-29)45-22)46-23-18(35)15(32)13(30)9(6-28)44-23/h2-3,9-11,13-23,28-36H,1,4-8H2,(H,38,39)(H2,25,26,37)/t9-,10-,11-,13+,14-,15+,16-,17+,18-,19-,20-,21-,22-,23+/m1/s1. The van der Waals surface area contributed by atoms with Crippen LogP contribution in [-0.4, -0.2) is 173 Å². The van der Waals surface area contributed by atoms with Crippen LogP contribution in [0, 0.1) is 0 Å². The normalized spacial score (nSPS) is 40.7. The van der Waals surface area contributed by atoms with Gasteiger partial charge in [0.05, 0.1) is 33.0 Å². The molecule has 1 aromatic heterocycles. The van der Waals surface area contributed by atoms with E-state index >= 15 is 0 Å². The van der Waals surface area contributed by atoms with Crippen LogP contribution in [0.25, 0.3) is 0 Å². The third kappa shape index (κ3) is 8.88. The number of aliphatic hydroxyl groups excluding tert-OH is 9. The van der Waals surface area contributed by atoms with Gasteiger partial charge in [0.1, 0.15) is 73.0 Å². The molecule has 0 saturated carbocycles. The van der Waals surface area contributed by atoms with E-state index in [0.29, 0.717) is 0 Å². The van der Waals surface area contributed by atoms with Gasteiger partial charge >= 0.3 is 13.5 Å². The lowest BCUT2D eigenvalue weighted by Crippen LogP contribution is -2.64. The van der Waals surface area contributed by atoms with Crippen LogP contribution in [0.2, 0.25) is 0 Å². The van der Waals surface area contributed by atoms with Crippen LogP contribution >= 0.6 is 7.82 Å². The molecule has 47 heavy (non-hydrogen) atoms. The predicted molar refractivity (Wildman–Crippen MR) is 148 cm³/mol. The number of nitrogens with two attached hydrogens (primary N) is 1. The fourth-order valence-electron chi connectivity index (χ4n) is 5.05. The van der Waals surface area contributed by atoms with Crippen molar-refractivity contribution in [2.75, 3.05) is 38.8 Å². The number of rotatable bonds is 14. The van der Waals surface area contributed by atoms with Crippen molar-refractivity contribution in [3.05, 3.63) is 22.7 Å². The van der Waals surface area contributed by atoms with E-state index in [1.54, 1.807) is 0 Å². The molecule has 1 unspecified atom stereocenters. The minimum atomic E-state index is -4.73. The highest BCUT2D eigenvalue weighted by Gasteiger charge is 2.51. The Morgan fingerprint density at radius 3 is 2.11 bits per heavy atom. The van der Waals surface area contributed by atoms with Gasteiger partial charge in [-0.2, -0.15) is 4.98 Å². The van der Waals surface area contributed by atoms with Crippen molar-refractivity contribution in [3.8, 4) is 0 Å². The number of hydrogen-bond donors (Lipinski definition) is 11. The van der Waals surface area contributed by atoms with Gasteiger partial charge in [0.25, 0.3) is 0 Å². The number of anilines is 1. The summed E-state index contributed by atoms with van der Waals surface area (Å²) in [5.74, 6) is -0.0781. The highest BCUT2D eigenvalue weighted by Crippen LogP contribution is 2.44. The fraction of sp³-hybridized carbons (Fsp3) is 0.833. The fourth-order valence-corrected chi connectivity index (χ4v) is 5.82. The summed E-state index contributed by atoms with van der Waals surface area (Å²) in [5.41, 5.74) is 4.57. The first-order valence-electron chi connectivity index (χ1n) is 14.4. The van der Waals surface area contributed by atoms with Gasteiger partial charge in [-0.15, -0.1) is 0 Å². The molecule has 3 fully saturated rings. The van der Waals surface area contributed by atoms with Gasteiger partial charge in [-0.1, -0.05) is 0 Å². The Labute approximate surface area is 265 Å². The molecular weight excluding hydrogens is 665 g/mol. The molecule has 15 atom stereocenters. The molecule has 0 aliphatic carbocycles. The molecular formula is C24H40N3O19P. The largest absolute Gasteiger partial charge is 0.472 e. The smallest absolute Gasteiger partial charge is 0.394 e. The maximum absolute atomic E-state index is 12.3. The van der Waals surface area contributed by atoms with Gasteiger partial charge in [0, 0.05) is 6.20 Å². The first-order valence-corrected chi connectivity index (χ1v) is 15.9. The zero-order valence-corrected chi connectivity index (χ0v) is 25.4. The highest BCUT2D eigenvalue weighted by molar-refractivity contribution is 7.47. The Bertz CT molecular complexity index is 1260. The van der Waals surface area contributed by atoms with E-state index in [-0.39, 0.29) is 18.8 Å². The summed E-state index contributed by atoms with van der Waals surface area (Å²) in [6.45, 7) is -2.94. The van der Waals surface area contributed by atoms with E-state index in [9.17, 15) is 60.2 Å². The summed E-state index contributed by atoms with van der Waals surface area (Å²) >= 11 is 0. The van der Waals surface area contributed by atoms with Gasteiger partial charge in [-0.3, -0.25) is 13.6 Å². The number of phosphoric acid groups is 1. The summed E-state index contributed by atoms with van der Waals surface area (Å²) in [6, 6.07) is 1.26. The van der Waals surface area contributed by atoms with Crippen molar-refractivity contribution in [1.82, 2.24) is 9.55 Å². The SMILES string of the molecule is Nc1ccn([C@@H]2O[C@H](COP(=O)(O)OCCCO[C@@H]3O[C@H](CO)[C@@H](O[C@@H]4O[C@H](CO)[C@H](O)[C@H](O)[C@H]4O)[C@H](O)[C@H]3O)[C@@H](O)[C@@H]2O)c(=O)n1. The second kappa shape index (κ2) is 16.3. The minimum absolute atomic E-state index is 0.0781. The molecule has 12 N–H and O–H groups in total. The molecule has 3 saturated heterocycles. The van der Waals surface area contributed by atoms with E-state index in [4.69, 9.17) is 38.5 Å². The zero-order valence-electron chi connectivity index (χ0n) is 24.5. The third-order valence-electron chi connectivity index (χ3n) is 7.65. The van der Waals surface area contributed by atoms with Crippen molar-refractivity contribution in [2.45, 2.75) is 92.4 Å². The number of ether oxygens (including phenoxy) is 5. The van der Waals surface area contributed by atoms with Gasteiger partial charge in [0.2, 0.25) is 0 Å². The lowest BCUT2D eigenvalue weighted by Gasteiger charge is -2.45. The molecule has 0 spiro atoms.